The van der Waals surface area contributed by atoms with E-state index in [0.29, 0.717) is 17.0 Å². The fraction of sp³-hybridized carbons (Fsp3) is 0.500. The lowest BCUT2D eigenvalue weighted by atomic mass is 9.96. The van der Waals surface area contributed by atoms with Crippen LogP contribution in [0.25, 0.3) is 11.1 Å². The van der Waals surface area contributed by atoms with Crippen LogP contribution in [0.1, 0.15) is 43.8 Å². The van der Waals surface area contributed by atoms with Crippen LogP contribution < -0.4 is 4.90 Å². The van der Waals surface area contributed by atoms with Crippen molar-refractivity contribution in [2.24, 2.45) is 0 Å². The number of rotatable bonds is 4. The summed E-state index contributed by atoms with van der Waals surface area (Å²) in [6.45, 7) is 6.88. The molecule has 4 rings (SSSR count). The predicted octanol–water partition coefficient (Wildman–Crippen LogP) is 4.18. The van der Waals surface area contributed by atoms with Crippen LogP contribution >= 0.6 is 11.6 Å². The smallest absolute Gasteiger partial charge is 0.298 e. The maximum Gasteiger partial charge on any atom is 0.298 e. The molecule has 25 heavy (non-hydrogen) atoms. The summed E-state index contributed by atoms with van der Waals surface area (Å²) in [6.07, 6.45) is 3.13. The largest absolute Gasteiger partial charge is 0.423 e. The topological polar surface area (TPSA) is 60.0 Å². The fourth-order valence-electron chi connectivity index (χ4n) is 3.50. The maximum atomic E-state index is 6.03. The average Bonchev–Trinajstić information content (AvgIpc) is 3.18. The third kappa shape index (κ3) is 3.23. The molecule has 0 amide bonds. The van der Waals surface area contributed by atoms with Gasteiger partial charge >= 0.3 is 0 Å². The summed E-state index contributed by atoms with van der Waals surface area (Å²) in [5, 5.41) is 5.20. The first-order valence-electron chi connectivity index (χ1n) is 8.86. The number of benzene rings is 1. The van der Waals surface area contributed by atoms with Gasteiger partial charge in [-0.2, -0.15) is 10.1 Å². The number of fused-ring (bicyclic) bond motifs is 1. The highest BCUT2D eigenvalue weighted by Gasteiger charge is 2.27. The van der Waals surface area contributed by atoms with Crippen LogP contribution in [-0.4, -0.2) is 32.8 Å². The van der Waals surface area contributed by atoms with Crippen molar-refractivity contribution < 1.29 is 4.42 Å². The molecule has 0 bridgehead atoms. The summed E-state index contributed by atoms with van der Waals surface area (Å²) in [4.78, 5) is 11.5. The zero-order chi connectivity index (χ0) is 17.4. The van der Waals surface area contributed by atoms with Crippen LogP contribution in [0.3, 0.4) is 0 Å². The summed E-state index contributed by atoms with van der Waals surface area (Å²) < 4.78 is 7.97. The summed E-state index contributed by atoms with van der Waals surface area (Å²) in [5.74, 6) is 2.44. The molecule has 3 aromatic rings. The van der Waals surface area contributed by atoms with Crippen molar-refractivity contribution in [1.82, 2.24) is 19.7 Å². The third-order valence-electron chi connectivity index (χ3n) is 4.71. The molecule has 7 heteroatoms. The quantitative estimate of drug-likeness (QED) is 0.699. The molecule has 1 fully saturated rings. The molecule has 0 spiro atoms. The SMILES string of the molecule is CCCn1nc(C)nc1C1CCN(c2nc3ccc(Cl)cc3o2)CC1. The van der Waals surface area contributed by atoms with Crippen molar-refractivity contribution >= 4 is 28.7 Å². The Morgan fingerprint density at radius 1 is 1.24 bits per heavy atom. The minimum absolute atomic E-state index is 0.447. The Morgan fingerprint density at radius 3 is 2.80 bits per heavy atom. The summed E-state index contributed by atoms with van der Waals surface area (Å²) >= 11 is 6.03. The first-order chi connectivity index (χ1) is 12.1. The number of hydrogen-bond donors (Lipinski definition) is 0. The van der Waals surface area contributed by atoms with Gasteiger partial charge in [0.05, 0.1) is 0 Å². The molecule has 3 heterocycles. The van der Waals surface area contributed by atoms with Gasteiger partial charge in [-0.15, -0.1) is 0 Å². The Morgan fingerprint density at radius 2 is 2.04 bits per heavy atom. The van der Waals surface area contributed by atoms with Gasteiger partial charge in [0.2, 0.25) is 0 Å². The first kappa shape index (κ1) is 16.4. The Labute approximate surface area is 151 Å². The number of oxazole rings is 1. The standard InChI is InChI=1S/C18H22ClN5O/c1-3-8-24-17(20-12(2)22-24)13-6-9-23(10-7-13)18-21-15-5-4-14(19)11-16(15)25-18/h4-5,11,13H,3,6-10H2,1-2H3. The molecule has 0 radical (unpaired) electrons. The van der Waals surface area contributed by atoms with Crippen LogP contribution in [0.15, 0.2) is 22.6 Å². The highest BCUT2D eigenvalue weighted by Crippen LogP contribution is 2.31. The monoisotopic (exact) mass is 359 g/mol. The van der Waals surface area contributed by atoms with Crippen molar-refractivity contribution in [2.75, 3.05) is 18.0 Å². The van der Waals surface area contributed by atoms with Gasteiger partial charge in [0.25, 0.3) is 6.01 Å². The second kappa shape index (κ2) is 6.67. The van der Waals surface area contributed by atoms with Crippen molar-refractivity contribution in [3.05, 3.63) is 34.9 Å². The average molecular weight is 360 g/mol. The van der Waals surface area contributed by atoms with E-state index in [1.54, 1.807) is 0 Å². The van der Waals surface area contributed by atoms with E-state index in [2.05, 4.69) is 31.6 Å². The van der Waals surface area contributed by atoms with Gasteiger partial charge in [-0.05, 0) is 38.3 Å². The van der Waals surface area contributed by atoms with E-state index in [0.717, 1.165) is 61.6 Å². The molecule has 1 aliphatic heterocycles. The van der Waals surface area contributed by atoms with Gasteiger partial charge in [0, 0.05) is 36.6 Å². The lowest BCUT2D eigenvalue weighted by Crippen LogP contribution is -2.34. The summed E-state index contributed by atoms with van der Waals surface area (Å²) in [5.41, 5.74) is 1.59. The molecule has 0 saturated carbocycles. The number of anilines is 1. The molecule has 0 aliphatic carbocycles. The molecule has 1 saturated heterocycles. The minimum Gasteiger partial charge on any atom is -0.423 e. The zero-order valence-corrected chi connectivity index (χ0v) is 15.3. The number of piperidine rings is 1. The maximum absolute atomic E-state index is 6.03. The van der Waals surface area contributed by atoms with Crippen LogP contribution in [-0.2, 0) is 6.54 Å². The van der Waals surface area contributed by atoms with Gasteiger partial charge in [-0.3, -0.25) is 0 Å². The lowest BCUT2D eigenvalue weighted by molar-refractivity contribution is 0.431. The van der Waals surface area contributed by atoms with Crippen LogP contribution in [0.2, 0.25) is 5.02 Å². The Bertz CT molecular complexity index is 879. The number of aryl methyl sites for hydroxylation is 2. The van der Waals surface area contributed by atoms with Gasteiger partial charge in [-0.25, -0.2) is 9.67 Å². The predicted molar refractivity (Wildman–Crippen MR) is 98.3 cm³/mol. The van der Waals surface area contributed by atoms with Crippen LogP contribution in [0.4, 0.5) is 6.01 Å². The molecule has 0 unspecified atom stereocenters. The van der Waals surface area contributed by atoms with Crippen molar-refractivity contribution in [3.63, 3.8) is 0 Å². The van der Waals surface area contributed by atoms with Gasteiger partial charge in [0.15, 0.2) is 5.58 Å². The van der Waals surface area contributed by atoms with E-state index < -0.39 is 0 Å². The van der Waals surface area contributed by atoms with Crippen molar-refractivity contribution in [2.45, 2.75) is 45.6 Å². The normalized spacial score (nSPS) is 16.0. The number of aromatic nitrogens is 4. The van der Waals surface area contributed by atoms with Gasteiger partial charge in [0.1, 0.15) is 17.2 Å². The molecular formula is C18H22ClN5O. The van der Waals surface area contributed by atoms with E-state index >= 15 is 0 Å². The summed E-state index contributed by atoms with van der Waals surface area (Å²) in [7, 11) is 0. The van der Waals surface area contributed by atoms with Crippen molar-refractivity contribution in [1.29, 1.82) is 0 Å². The molecule has 132 valence electrons. The van der Waals surface area contributed by atoms with Gasteiger partial charge < -0.3 is 9.32 Å². The Kier molecular flexibility index (Phi) is 4.37. The fourth-order valence-corrected chi connectivity index (χ4v) is 3.66. The molecule has 1 aliphatic rings. The Balaban J connectivity index is 1.49. The minimum atomic E-state index is 0.447. The molecule has 0 atom stereocenters. The van der Waals surface area contributed by atoms with E-state index in [1.807, 2.05) is 25.1 Å². The van der Waals surface area contributed by atoms with E-state index in [4.69, 9.17) is 16.0 Å². The molecule has 0 N–H and O–H groups in total. The number of nitrogens with zero attached hydrogens (tertiary/aromatic N) is 5. The second-order valence-electron chi connectivity index (χ2n) is 6.61. The first-order valence-corrected chi connectivity index (χ1v) is 9.24. The molecule has 2 aromatic heterocycles. The second-order valence-corrected chi connectivity index (χ2v) is 7.05. The highest BCUT2D eigenvalue weighted by molar-refractivity contribution is 6.31. The molecule has 1 aromatic carbocycles. The molecular weight excluding hydrogens is 338 g/mol. The zero-order valence-electron chi connectivity index (χ0n) is 14.6. The summed E-state index contributed by atoms with van der Waals surface area (Å²) in [6, 6.07) is 6.23. The van der Waals surface area contributed by atoms with E-state index in [1.165, 1.54) is 0 Å². The van der Waals surface area contributed by atoms with Crippen molar-refractivity contribution in [3.8, 4) is 0 Å². The number of hydrogen-bond acceptors (Lipinski definition) is 5. The Hall–Kier alpha value is -2.08. The highest BCUT2D eigenvalue weighted by atomic mass is 35.5. The lowest BCUT2D eigenvalue weighted by Gasteiger charge is -2.30. The number of halogens is 1. The van der Waals surface area contributed by atoms with Crippen LogP contribution in [0.5, 0.6) is 0 Å². The van der Waals surface area contributed by atoms with Gasteiger partial charge in [-0.1, -0.05) is 18.5 Å². The van der Waals surface area contributed by atoms with E-state index in [9.17, 15) is 0 Å². The van der Waals surface area contributed by atoms with E-state index in [-0.39, 0.29) is 0 Å². The third-order valence-corrected chi connectivity index (χ3v) is 4.95. The molecule has 6 nitrogen and oxygen atoms in total. The van der Waals surface area contributed by atoms with Crippen LogP contribution in [0, 0.1) is 6.92 Å².